The van der Waals surface area contributed by atoms with Crippen molar-refractivity contribution in [1.29, 1.82) is 0 Å². The van der Waals surface area contributed by atoms with Crippen molar-refractivity contribution in [2.75, 3.05) is 20.1 Å². The van der Waals surface area contributed by atoms with Gasteiger partial charge >= 0.3 is 5.97 Å². The third kappa shape index (κ3) is 2.76. The number of amides is 1. The maximum atomic E-state index is 12.0. The highest BCUT2D eigenvalue weighted by molar-refractivity contribution is 7.11. The molecule has 0 aliphatic carbocycles. The molecular formula is C16H23N3O3S. The van der Waals surface area contributed by atoms with E-state index in [9.17, 15) is 14.7 Å². The van der Waals surface area contributed by atoms with Crippen molar-refractivity contribution in [2.45, 2.75) is 45.2 Å². The largest absolute Gasteiger partial charge is 0.481 e. The lowest BCUT2D eigenvalue weighted by atomic mass is 9.77. The number of aliphatic carboxylic acids is 1. The number of nitrogens with zero attached hydrogens (tertiary/aromatic N) is 3. The van der Waals surface area contributed by atoms with E-state index >= 15 is 0 Å². The number of thiazole rings is 1. The van der Waals surface area contributed by atoms with Gasteiger partial charge in [-0.15, -0.1) is 11.3 Å². The van der Waals surface area contributed by atoms with Crippen LogP contribution in [0, 0.1) is 19.8 Å². The van der Waals surface area contributed by atoms with Gasteiger partial charge in [-0.2, -0.15) is 0 Å². The van der Waals surface area contributed by atoms with Gasteiger partial charge in [0.05, 0.1) is 22.2 Å². The molecule has 2 aliphatic rings. The fourth-order valence-electron chi connectivity index (χ4n) is 4.01. The molecule has 7 heteroatoms. The summed E-state index contributed by atoms with van der Waals surface area (Å²) in [6.45, 7) is 6.55. The summed E-state index contributed by atoms with van der Waals surface area (Å²) in [7, 11) is 1.76. The number of aromatic nitrogens is 1. The maximum absolute atomic E-state index is 12.0. The first kappa shape index (κ1) is 16.4. The molecule has 0 saturated carbocycles. The summed E-state index contributed by atoms with van der Waals surface area (Å²) in [4.78, 5) is 33.4. The zero-order chi connectivity index (χ0) is 16.8. The highest BCUT2D eigenvalue weighted by Crippen LogP contribution is 2.43. The average molecular weight is 337 g/mol. The Labute approximate surface area is 140 Å². The van der Waals surface area contributed by atoms with Crippen molar-refractivity contribution >= 4 is 23.2 Å². The summed E-state index contributed by atoms with van der Waals surface area (Å²) in [5.41, 5.74) is 0.585. The fourth-order valence-corrected chi connectivity index (χ4v) is 4.99. The third-order valence-corrected chi connectivity index (χ3v) is 6.51. The first-order valence-corrected chi connectivity index (χ1v) is 8.80. The molecule has 3 heterocycles. The number of hydrogen-bond donors (Lipinski definition) is 1. The number of hydrogen-bond acceptors (Lipinski definition) is 5. The summed E-state index contributed by atoms with van der Waals surface area (Å²) in [6.07, 6.45) is 1.59. The van der Waals surface area contributed by atoms with Crippen LogP contribution in [-0.4, -0.2) is 57.4 Å². The van der Waals surface area contributed by atoms with Crippen LogP contribution < -0.4 is 0 Å². The molecule has 2 saturated heterocycles. The normalized spacial score (nSPS) is 24.6. The summed E-state index contributed by atoms with van der Waals surface area (Å²) in [6, 6.07) is 0. The van der Waals surface area contributed by atoms with Crippen molar-refractivity contribution in [3.8, 4) is 0 Å². The van der Waals surface area contributed by atoms with Crippen LogP contribution in [0.15, 0.2) is 0 Å². The Morgan fingerprint density at radius 1 is 1.39 bits per heavy atom. The van der Waals surface area contributed by atoms with E-state index in [-0.39, 0.29) is 12.3 Å². The lowest BCUT2D eigenvalue weighted by molar-refractivity contribution is -0.146. The minimum Gasteiger partial charge on any atom is -0.481 e. The molecule has 1 aromatic rings. The molecule has 6 nitrogen and oxygen atoms in total. The van der Waals surface area contributed by atoms with Gasteiger partial charge in [0.1, 0.15) is 0 Å². The van der Waals surface area contributed by atoms with Gasteiger partial charge < -0.3 is 10.0 Å². The first-order valence-electron chi connectivity index (χ1n) is 7.98. The van der Waals surface area contributed by atoms with E-state index in [1.807, 2.05) is 13.8 Å². The summed E-state index contributed by atoms with van der Waals surface area (Å²) in [5.74, 6) is -1.46. The molecule has 0 radical (unpaired) electrons. The van der Waals surface area contributed by atoms with Gasteiger partial charge in [0.25, 0.3) is 0 Å². The number of aryl methyl sites for hydroxylation is 2. The van der Waals surface area contributed by atoms with Crippen LogP contribution >= 0.6 is 11.3 Å². The van der Waals surface area contributed by atoms with Gasteiger partial charge in [0.2, 0.25) is 5.91 Å². The highest BCUT2D eigenvalue weighted by atomic mass is 32.1. The van der Waals surface area contributed by atoms with Crippen LogP contribution in [0.1, 0.15) is 34.8 Å². The Hall–Kier alpha value is -1.47. The van der Waals surface area contributed by atoms with E-state index in [1.54, 1.807) is 23.3 Å². The average Bonchev–Trinajstić information content (AvgIpc) is 2.93. The van der Waals surface area contributed by atoms with Crippen molar-refractivity contribution in [1.82, 2.24) is 14.8 Å². The zero-order valence-electron chi connectivity index (χ0n) is 13.8. The minimum atomic E-state index is -0.843. The first-order chi connectivity index (χ1) is 10.8. The number of carbonyl (C=O) groups excluding carboxylic acids is 1. The molecule has 126 valence electrons. The Bertz CT molecular complexity index is 635. The third-order valence-electron chi connectivity index (χ3n) is 5.46. The van der Waals surface area contributed by atoms with E-state index < -0.39 is 17.4 Å². The van der Waals surface area contributed by atoms with E-state index in [0.717, 1.165) is 43.2 Å². The van der Waals surface area contributed by atoms with Crippen molar-refractivity contribution in [2.24, 2.45) is 5.92 Å². The lowest BCUT2D eigenvalue weighted by Crippen LogP contribution is -2.55. The molecule has 0 unspecified atom stereocenters. The molecule has 1 atom stereocenters. The highest BCUT2D eigenvalue weighted by Gasteiger charge is 2.55. The number of likely N-dealkylation sites (tertiary alicyclic amines) is 2. The topological polar surface area (TPSA) is 73.7 Å². The standard InChI is InChI=1S/C16H23N3O3S/c1-10-13(23-11(2)17-10)9-19-6-4-16(5-7-19)12(15(21)22)8-14(20)18(16)3/h12H,4-9H2,1-3H3,(H,21,22)/t12-/m0/s1. The quantitative estimate of drug-likeness (QED) is 0.908. The molecule has 0 aromatic carbocycles. The molecule has 1 amide bonds. The Morgan fingerprint density at radius 2 is 2.04 bits per heavy atom. The summed E-state index contributed by atoms with van der Waals surface area (Å²) in [5, 5.41) is 10.6. The van der Waals surface area contributed by atoms with Crippen LogP contribution in [-0.2, 0) is 16.1 Å². The van der Waals surface area contributed by atoms with Gasteiger partial charge in [-0.3, -0.25) is 14.5 Å². The SMILES string of the molecule is Cc1nc(C)c(CN2CCC3(CC2)[C@H](C(=O)O)CC(=O)N3C)s1. The van der Waals surface area contributed by atoms with E-state index in [0.29, 0.717) is 0 Å². The molecule has 0 bridgehead atoms. The molecular weight excluding hydrogens is 314 g/mol. The lowest BCUT2D eigenvalue weighted by Gasteiger charge is -2.45. The van der Waals surface area contributed by atoms with E-state index in [2.05, 4.69) is 9.88 Å². The number of rotatable bonds is 3. The van der Waals surface area contributed by atoms with Crippen LogP contribution in [0.5, 0.6) is 0 Å². The monoisotopic (exact) mass is 337 g/mol. The molecule has 2 fully saturated rings. The van der Waals surface area contributed by atoms with Crippen molar-refractivity contribution < 1.29 is 14.7 Å². The van der Waals surface area contributed by atoms with Crippen molar-refractivity contribution in [3.05, 3.63) is 15.6 Å². The number of carbonyl (C=O) groups is 2. The van der Waals surface area contributed by atoms with Gasteiger partial charge in [-0.1, -0.05) is 0 Å². The number of carboxylic acids is 1. The fraction of sp³-hybridized carbons (Fsp3) is 0.688. The minimum absolute atomic E-state index is 0.0419. The maximum Gasteiger partial charge on any atom is 0.309 e. The predicted molar refractivity (Wildman–Crippen MR) is 87.3 cm³/mol. The van der Waals surface area contributed by atoms with Crippen LogP contribution in [0.4, 0.5) is 0 Å². The van der Waals surface area contributed by atoms with Gasteiger partial charge in [0.15, 0.2) is 0 Å². The Morgan fingerprint density at radius 3 is 2.57 bits per heavy atom. The van der Waals surface area contributed by atoms with E-state index in [1.165, 1.54) is 4.88 Å². The van der Waals surface area contributed by atoms with Gasteiger partial charge in [-0.25, -0.2) is 4.98 Å². The summed E-state index contributed by atoms with van der Waals surface area (Å²) >= 11 is 1.73. The number of piperidine rings is 1. The second-order valence-corrected chi connectivity index (χ2v) is 7.96. The molecule has 3 rings (SSSR count). The smallest absolute Gasteiger partial charge is 0.309 e. The predicted octanol–water partition coefficient (Wildman–Crippen LogP) is 1.66. The molecule has 1 N–H and O–H groups in total. The molecule has 1 aromatic heterocycles. The Balaban J connectivity index is 1.71. The van der Waals surface area contributed by atoms with Crippen LogP contribution in [0.2, 0.25) is 0 Å². The molecule has 1 spiro atoms. The summed E-state index contributed by atoms with van der Waals surface area (Å²) < 4.78 is 0. The Kier molecular flexibility index (Phi) is 4.18. The molecule has 2 aliphatic heterocycles. The van der Waals surface area contributed by atoms with Gasteiger partial charge in [-0.05, 0) is 26.7 Å². The van der Waals surface area contributed by atoms with Crippen LogP contribution in [0.25, 0.3) is 0 Å². The zero-order valence-corrected chi connectivity index (χ0v) is 14.7. The number of carboxylic acid groups (broad SMARTS) is 1. The molecule has 23 heavy (non-hydrogen) atoms. The van der Waals surface area contributed by atoms with Gasteiger partial charge in [0, 0.05) is 38.0 Å². The van der Waals surface area contributed by atoms with Crippen molar-refractivity contribution in [3.63, 3.8) is 0 Å². The van der Waals surface area contributed by atoms with E-state index in [4.69, 9.17) is 0 Å². The second-order valence-electron chi connectivity index (χ2n) is 6.67. The second kappa shape index (κ2) is 5.87. The van der Waals surface area contributed by atoms with Crippen LogP contribution in [0.3, 0.4) is 0 Å².